The molecule has 0 bridgehead atoms. The summed E-state index contributed by atoms with van der Waals surface area (Å²) in [5.41, 5.74) is 3.66. The molecule has 0 spiro atoms. The van der Waals surface area contributed by atoms with Gasteiger partial charge in [-0.05, 0) is 55.2 Å². The van der Waals surface area contributed by atoms with Crippen molar-refractivity contribution >= 4 is 46.7 Å². The number of anilines is 2. The van der Waals surface area contributed by atoms with Crippen LogP contribution in [0.15, 0.2) is 66.5 Å². The van der Waals surface area contributed by atoms with E-state index in [9.17, 15) is 19.2 Å². The molecule has 2 heterocycles. The van der Waals surface area contributed by atoms with Gasteiger partial charge in [-0.2, -0.15) is 0 Å². The van der Waals surface area contributed by atoms with Crippen LogP contribution in [-0.4, -0.2) is 41.7 Å². The summed E-state index contributed by atoms with van der Waals surface area (Å²) in [6.07, 6.45) is 2.08. The molecule has 9 nitrogen and oxygen atoms in total. The molecule has 186 valence electrons. The van der Waals surface area contributed by atoms with Crippen molar-refractivity contribution in [1.82, 2.24) is 15.5 Å². The molecule has 2 aromatic carbocycles. The van der Waals surface area contributed by atoms with Crippen molar-refractivity contribution in [2.24, 2.45) is 0 Å². The van der Waals surface area contributed by atoms with Crippen molar-refractivity contribution in [2.75, 3.05) is 17.3 Å². The van der Waals surface area contributed by atoms with E-state index in [4.69, 9.17) is 11.6 Å². The van der Waals surface area contributed by atoms with Crippen LogP contribution in [0.2, 0.25) is 5.02 Å². The van der Waals surface area contributed by atoms with Gasteiger partial charge in [0.25, 0.3) is 11.8 Å². The number of piperidine rings is 1. The number of imide groups is 1. The Hall–Kier alpha value is -4.11. The number of nitrogens with zero attached hydrogens (tertiary/aromatic N) is 2. The lowest BCUT2D eigenvalue weighted by Gasteiger charge is -2.30. The molecule has 10 heteroatoms. The first-order valence-corrected chi connectivity index (χ1v) is 11.7. The molecule has 4 rings (SSSR count). The van der Waals surface area contributed by atoms with Gasteiger partial charge in [0.1, 0.15) is 11.7 Å². The predicted molar refractivity (Wildman–Crippen MR) is 137 cm³/mol. The molecule has 1 unspecified atom stereocenters. The third-order valence-electron chi connectivity index (χ3n) is 6.11. The highest BCUT2D eigenvalue weighted by Crippen LogP contribution is 2.27. The van der Waals surface area contributed by atoms with Gasteiger partial charge in [0.05, 0.1) is 0 Å². The van der Waals surface area contributed by atoms with Gasteiger partial charge in [-0.15, -0.1) is 0 Å². The van der Waals surface area contributed by atoms with E-state index in [1.165, 1.54) is 6.08 Å². The average molecular weight is 508 g/mol. The number of amides is 5. The molecule has 5 amide bonds. The number of carbonyl (C=O) groups is 4. The van der Waals surface area contributed by atoms with E-state index in [-0.39, 0.29) is 12.2 Å². The fourth-order valence-electron chi connectivity index (χ4n) is 4.06. The summed E-state index contributed by atoms with van der Waals surface area (Å²) < 4.78 is 0. The molecule has 3 N–H and O–H groups in total. The van der Waals surface area contributed by atoms with Crippen molar-refractivity contribution < 1.29 is 19.2 Å². The number of urea groups is 1. The number of hydrogen-bond donors (Lipinski definition) is 3. The molecule has 0 saturated carbocycles. The number of carbonyl (C=O) groups excluding carboxylic acids is 4. The molecule has 0 aromatic heterocycles. The highest BCUT2D eigenvalue weighted by atomic mass is 35.5. The first-order valence-electron chi connectivity index (χ1n) is 11.4. The van der Waals surface area contributed by atoms with E-state index in [0.717, 1.165) is 16.0 Å². The lowest BCUT2D eigenvalue weighted by Crippen LogP contribution is -2.52. The minimum absolute atomic E-state index is 0.163. The van der Waals surface area contributed by atoms with Crippen LogP contribution in [0.4, 0.5) is 16.2 Å². The highest BCUT2D eigenvalue weighted by Gasteiger charge is 2.42. The first kappa shape index (κ1) is 25.0. The van der Waals surface area contributed by atoms with Crippen molar-refractivity contribution in [3.63, 3.8) is 0 Å². The van der Waals surface area contributed by atoms with Crippen molar-refractivity contribution in [3.8, 4) is 0 Å². The molecular formula is C26H26ClN5O4. The number of nitrogens with one attached hydrogen (secondary N) is 3. The van der Waals surface area contributed by atoms with E-state index >= 15 is 0 Å². The maximum Gasteiger partial charge on any atom is 0.319 e. The van der Waals surface area contributed by atoms with Gasteiger partial charge in [-0.25, -0.2) is 4.79 Å². The highest BCUT2D eigenvalue weighted by molar-refractivity contribution is 6.31. The third-order valence-corrected chi connectivity index (χ3v) is 6.52. The smallest absolute Gasteiger partial charge is 0.319 e. The summed E-state index contributed by atoms with van der Waals surface area (Å²) >= 11 is 6.10. The van der Waals surface area contributed by atoms with Crippen LogP contribution in [0, 0.1) is 6.92 Å². The van der Waals surface area contributed by atoms with E-state index in [1.807, 2.05) is 25.1 Å². The zero-order chi connectivity index (χ0) is 26.0. The Balaban J connectivity index is 1.40. The van der Waals surface area contributed by atoms with Gasteiger partial charge in [0, 0.05) is 41.8 Å². The van der Waals surface area contributed by atoms with Crippen LogP contribution in [0.3, 0.4) is 0 Å². The zero-order valence-corrected chi connectivity index (χ0v) is 20.7. The Morgan fingerprint density at radius 3 is 2.72 bits per heavy atom. The topological polar surface area (TPSA) is 111 Å². The van der Waals surface area contributed by atoms with E-state index in [0.29, 0.717) is 34.9 Å². The Kier molecular flexibility index (Phi) is 7.12. The summed E-state index contributed by atoms with van der Waals surface area (Å²) in [7, 11) is 1.67. The van der Waals surface area contributed by atoms with E-state index in [2.05, 4.69) is 22.5 Å². The van der Waals surface area contributed by atoms with Crippen LogP contribution in [0.1, 0.15) is 24.0 Å². The molecule has 1 atom stereocenters. The van der Waals surface area contributed by atoms with Gasteiger partial charge in [0.2, 0.25) is 5.91 Å². The van der Waals surface area contributed by atoms with Crippen LogP contribution in [-0.2, 0) is 20.9 Å². The summed E-state index contributed by atoms with van der Waals surface area (Å²) in [5, 5.41) is 8.69. The summed E-state index contributed by atoms with van der Waals surface area (Å²) in [5.74, 6) is -1.47. The normalized spacial score (nSPS) is 17.6. The van der Waals surface area contributed by atoms with Crippen molar-refractivity contribution in [2.45, 2.75) is 32.4 Å². The summed E-state index contributed by atoms with van der Waals surface area (Å²) in [6, 6.07) is 11.2. The maximum absolute atomic E-state index is 13.1. The quantitative estimate of drug-likeness (QED) is 0.519. The average Bonchev–Trinajstić information content (AvgIpc) is 3.13. The Labute approximate surface area is 213 Å². The van der Waals surface area contributed by atoms with Crippen molar-refractivity contribution in [3.05, 3.63) is 82.7 Å². The Morgan fingerprint density at radius 1 is 1.22 bits per heavy atom. The van der Waals surface area contributed by atoms with Gasteiger partial charge in [0.15, 0.2) is 0 Å². The SMILES string of the molecule is C=C1CCC(N2C(=O)C=C(N(C)c3cccc(CNC(=O)Nc4ccc(C)c(Cl)c4)c3)C2=O)C(=O)N1. The van der Waals surface area contributed by atoms with Gasteiger partial charge < -0.3 is 20.9 Å². The molecule has 1 fully saturated rings. The number of benzene rings is 2. The maximum atomic E-state index is 13.1. The van der Waals surface area contributed by atoms with Crippen LogP contribution >= 0.6 is 11.6 Å². The minimum atomic E-state index is -0.866. The van der Waals surface area contributed by atoms with Crippen LogP contribution < -0.4 is 20.9 Å². The largest absolute Gasteiger partial charge is 0.340 e. The zero-order valence-electron chi connectivity index (χ0n) is 19.9. The van der Waals surface area contributed by atoms with Gasteiger partial charge in [-0.1, -0.05) is 36.4 Å². The Bertz CT molecular complexity index is 1300. The molecule has 0 radical (unpaired) electrons. The number of allylic oxidation sites excluding steroid dienone is 1. The van der Waals surface area contributed by atoms with E-state index in [1.54, 1.807) is 36.2 Å². The second-order valence-corrected chi connectivity index (χ2v) is 9.10. The lowest BCUT2D eigenvalue weighted by molar-refractivity contribution is -0.146. The van der Waals surface area contributed by atoms with Gasteiger partial charge in [-0.3, -0.25) is 19.3 Å². The lowest BCUT2D eigenvalue weighted by atomic mass is 10.0. The predicted octanol–water partition coefficient (Wildman–Crippen LogP) is 3.45. The fraction of sp³-hybridized carbons (Fsp3) is 0.231. The molecule has 0 aliphatic carbocycles. The number of likely N-dealkylation sites (N-methyl/N-ethyl adjacent to an activating group) is 1. The summed E-state index contributed by atoms with van der Waals surface area (Å²) in [4.78, 5) is 53.0. The second kappa shape index (κ2) is 10.2. The van der Waals surface area contributed by atoms with Crippen LogP contribution in [0.5, 0.6) is 0 Å². The van der Waals surface area contributed by atoms with Gasteiger partial charge >= 0.3 is 6.03 Å². The van der Waals surface area contributed by atoms with E-state index < -0.39 is 29.8 Å². The third kappa shape index (κ3) is 5.26. The minimum Gasteiger partial charge on any atom is -0.340 e. The number of aryl methyl sites for hydroxylation is 1. The Morgan fingerprint density at radius 2 is 2.00 bits per heavy atom. The number of hydrogen-bond acceptors (Lipinski definition) is 5. The van der Waals surface area contributed by atoms with Crippen molar-refractivity contribution in [1.29, 1.82) is 0 Å². The second-order valence-electron chi connectivity index (χ2n) is 8.69. The first-order chi connectivity index (χ1) is 17.1. The molecule has 2 aliphatic rings. The number of halogens is 1. The molecular weight excluding hydrogens is 482 g/mol. The molecule has 2 aromatic rings. The summed E-state index contributed by atoms with van der Waals surface area (Å²) in [6.45, 7) is 5.84. The number of rotatable bonds is 6. The molecule has 36 heavy (non-hydrogen) atoms. The van der Waals surface area contributed by atoms with Crippen LogP contribution in [0.25, 0.3) is 0 Å². The standard InChI is InChI=1S/C26H26ClN5O4/c1-15-7-9-18(12-20(15)27)30-26(36)28-14-17-5-4-6-19(11-17)31(3)22-13-23(33)32(25(22)35)21-10-8-16(2)29-24(21)34/h4-7,9,11-13,21H,2,8,10,14H2,1,3H3,(H,29,34)(H2,28,30,36). The molecule has 1 saturated heterocycles. The monoisotopic (exact) mass is 507 g/mol. The molecule has 2 aliphatic heterocycles. The fourth-order valence-corrected chi connectivity index (χ4v) is 4.24.